The molecule has 2 aromatic rings. The second kappa shape index (κ2) is 12.6. The highest BCUT2D eigenvalue weighted by molar-refractivity contribution is 14.0. The molecule has 2 N–H and O–H groups in total. The Morgan fingerprint density at radius 3 is 2.21 bits per heavy atom. The summed E-state index contributed by atoms with van der Waals surface area (Å²) in [7, 11) is 6.63. The average molecular weight is 520 g/mol. The van der Waals surface area contributed by atoms with Crippen LogP contribution >= 0.6 is 35.6 Å². The Balaban J connectivity index is 0.00000392. The van der Waals surface area contributed by atoms with E-state index < -0.39 is 0 Å². The Kier molecular flexibility index (Phi) is 10.8. The van der Waals surface area contributed by atoms with Gasteiger partial charge in [0.2, 0.25) is 0 Å². The first-order chi connectivity index (χ1) is 13.1. The van der Waals surface area contributed by atoms with Crippen LogP contribution in [0.4, 0.5) is 0 Å². The summed E-state index contributed by atoms with van der Waals surface area (Å²) in [4.78, 5) is 4.25. The predicted molar refractivity (Wildman–Crippen MR) is 125 cm³/mol. The molecule has 0 atom stereocenters. The first-order valence-corrected chi connectivity index (χ1v) is 8.97. The molecule has 0 aromatic heterocycles. The van der Waals surface area contributed by atoms with Gasteiger partial charge in [0.15, 0.2) is 5.96 Å². The second-order valence-corrected chi connectivity index (χ2v) is 6.18. The van der Waals surface area contributed by atoms with Gasteiger partial charge in [0, 0.05) is 42.9 Å². The van der Waals surface area contributed by atoms with Crippen LogP contribution < -0.4 is 24.8 Å². The molecule has 0 aliphatic rings. The summed E-state index contributed by atoms with van der Waals surface area (Å²) >= 11 is 6.02. The van der Waals surface area contributed by atoms with Crippen molar-refractivity contribution in [3.63, 3.8) is 0 Å². The average Bonchev–Trinajstić information content (AvgIpc) is 2.70. The molecule has 0 saturated heterocycles. The van der Waals surface area contributed by atoms with Crippen LogP contribution in [0, 0.1) is 0 Å². The van der Waals surface area contributed by atoms with Gasteiger partial charge in [-0.2, -0.15) is 0 Å². The third-order valence-corrected chi connectivity index (χ3v) is 4.29. The van der Waals surface area contributed by atoms with Crippen molar-refractivity contribution >= 4 is 41.5 Å². The fourth-order valence-corrected chi connectivity index (χ4v) is 2.90. The molecular formula is C20H27ClIN3O3. The van der Waals surface area contributed by atoms with Crippen LogP contribution in [0.15, 0.2) is 41.4 Å². The number of methoxy groups -OCH3 is 3. The van der Waals surface area contributed by atoms with Crippen molar-refractivity contribution in [3.8, 4) is 17.2 Å². The van der Waals surface area contributed by atoms with E-state index in [2.05, 4.69) is 15.6 Å². The molecule has 0 heterocycles. The number of hydrogen-bond acceptors (Lipinski definition) is 4. The molecule has 0 spiro atoms. The Morgan fingerprint density at radius 1 is 1.00 bits per heavy atom. The van der Waals surface area contributed by atoms with Crippen LogP contribution in [-0.4, -0.2) is 40.9 Å². The van der Waals surface area contributed by atoms with Gasteiger partial charge in [-0.1, -0.05) is 23.7 Å². The number of halogens is 2. The number of hydrogen-bond donors (Lipinski definition) is 2. The minimum absolute atomic E-state index is 0. The predicted octanol–water partition coefficient (Wildman–Crippen LogP) is 3.89. The summed E-state index contributed by atoms with van der Waals surface area (Å²) in [5.74, 6) is 2.87. The van der Waals surface area contributed by atoms with Crippen LogP contribution in [-0.2, 0) is 13.0 Å². The molecule has 2 rings (SSSR count). The zero-order valence-electron chi connectivity index (χ0n) is 16.5. The van der Waals surface area contributed by atoms with E-state index in [9.17, 15) is 0 Å². The summed E-state index contributed by atoms with van der Waals surface area (Å²) in [6.07, 6.45) is 0.703. The number of nitrogens with zero attached hydrogens (tertiary/aromatic N) is 1. The summed E-state index contributed by atoms with van der Waals surface area (Å²) in [5.41, 5.74) is 2.06. The Morgan fingerprint density at radius 2 is 1.68 bits per heavy atom. The van der Waals surface area contributed by atoms with E-state index >= 15 is 0 Å². The quantitative estimate of drug-likeness (QED) is 0.315. The van der Waals surface area contributed by atoms with Crippen molar-refractivity contribution in [1.82, 2.24) is 10.6 Å². The summed E-state index contributed by atoms with van der Waals surface area (Å²) in [6, 6.07) is 11.4. The maximum atomic E-state index is 6.02. The number of aliphatic imine (C=N–C) groups is 1. The third kappa shape index (κ3) is 6.94. The molecule has 0 amide bonds. The molecule has 0 radical (unpaired) electrons. The molecule has 2 aromatic carbocycles. The van der Waals surface area contributed by atoms with Crippen molar-refractivity contribution in [2.24, 2.45) is 4.99 Å². The lowest BCUT2D eigenvalue weighted by atomic mass is 10.1. The summed E-state index contributed by atoms with van der Waals surface area (Å²) in [5, 5.41) is 7.29. The highest BCUT2D eigenvalue weighted by Gasteiger charge is 2.13. The minimum atomic E-state index is 0. The van der Waals surface area contributed by atoms with Crippen LogP contribution in [0.3, 0.4) is 0 Å². The number of nitrogens with one attached hydrogen (secondary N) is 2. The van der Waals surface area contributed by atoms with E-state index in [1.165, 1.54) is 0 Å². The molecule has 8 heteroatoms. The molecule has 0 aliphatic carbocycles. The normalized spacial score (nSPS) is 10.7. The Hall–Kier alpha value is -1.87. The molecule has 0 bridgehead atoms. The van der Waals surface area contributed by atoms with Gasteiger partial charge in [-0.25, -0.2) is 0 Å². The van der Waals surface area contributed by atoms with Crippen molar-refractivity contribution < 1.29 is 14.2 Å². The van der Waals surface area contributed by atoms with Crippen molar-refractivity contribution in [2.45, 2.75) is 13.0 Å². The number of benzene rings is 2. The first-order valence-electron chi connectivity index (χ1n) is 8.59. The minimum Gasteiger partial charge on any atom is -0.496 e. The van der Waals surface area contributed by atoms with Gasteiger partial charge in [0.25, 0.3) is 0 Å². The topological polar surface area (TPSA) is 64.1 Å². The third-order valence-electron chi connectivity index (χ3n) is 4.06. The van der Waals surface area contributed by atoms with Gasteiger partial charge < -0.3 is 24.8 Å². The van der Waals surface area contributed by atoms with Crippen molar-refractivity contribution in [2.75, 3.05) is 34.9 Å². The van der Waals surface area contributed by atoms with Crippen LogP contribution in [0.1, 0.15) is 11.1 Å². The number of guanidine groups is 1. The Bertz CT molecular complexity index is 762. The van der Waals surface area contributed by atoms with Gasteiger partial charge in [0.05, 0.1) is 21.3 Å². The van der Waals surface area contributed by atoms with E-state index in [0.29, 0.717) is 31.2 Å². The van der Waals surface area contributed by atoms with Crippen molar-refractivity contribution in [1.29, 1.82) is 0 Å². The van der Waals surface area contributed by atoms with Crippen molar-refractivity contribution in [3.05, 3.63) is 52.5 Å². The standard InChI is InChI=1S/C20H26ClN3O3.HI/c1-22-20(24-13-14-6-5-7-15(21)10-14)23-9-8-17-18(26-3)11-16(25-2)12-19(17)27-4;/h5-7,10-12H,8-9,13H2,1-4H3,(H2,22,23,24);1H. The monoisotopic (exact) mass is 519 g/mol. The molecule has 154 valence electrons. The lowest BCUT2D eigenvalue weighted by molar-refractivity contribution is 0.368. The van der Waals surface area contributed by atoms with E-state index in [1.54, 1.807) is 28.4 Å². The SMILES string of the molecule is CN=C(NCCc1c(OC)cc(OC)cc1OC)NCc1cccc(Cl)c1.I. The zero-order chi connectivity index (χ0) is 19.6. The van der Waals surface area contributed by atoms with E-state index in [1.807, 2.05) is 36.4 Å². The smallest absolute Gasteiger partial charge is 0.191 e. The largest absolute Gasteiger partial charge is 0.496 e. The molecule has 0 unspecified atom stereocenters. The number of rotatable bonds is 8. The van der Waals surface area contributed by atoms with E-state index in [-0.39, 0.29) is 24.0 Å². The maximum Gasteiger partial charge on any atom is 0.191 e. The maximum absolute atomic E-state index is 6.02. The molecule has 28 heavy (non-hydrogen) atoms. The van der Waals surface area contributed by atoms with Gasteiger partial charge in [-0.05, 0) is 24.1 Å². The van der Waals surface area contributed by atoms with Gasteiger partial charge in [-0.15, -0.1) is 24.0 Å². The first kappa shape index (κ1) is 24.2. The lowest BCUT2D eigenvalue weighted by Crippen LogP contribution is -2.37. The van der Waals surface area contributed by atoms with E-state index in [4.69, 9.17) is 25.8 Å². The number of ether oxygens (including phenoxy) is 3. The highest BCUT2D eigenvalue weighted by atomic mass is 127. The lowest BCUT2D eigenvalue weighted by Gasteiger charge is -2.16. The van der Waals surface area contributed by atoms with Gasteiger partial charge in [0.1, 0.15) is 17.2 Å². The summed E-state index contributed by atoms with van der Waals surface area (Å²) < 4.78 is 16.3. The van der Waals surface area contributed by atoms with Crippen LogP contribution in [0.25, 0.3) is 0 Å². The molecular weight excluding hydrogens is 493 g/mol. The molecule has 0 aliphatic heterocycles. The van der Waals surface area contributed by atoms with Gasteiger partial charge >= 0.3 is 0 Å². The molecule has 0 fully saturated rings. The van der Waals surface area contributed by atoms with Crippen LogP contribution in [0.5, 0.6) is 17.2 Å². The molecule has 0 saturated carbocycles. The fourth-order valence-electron chi connectivity index (χ4n) is 2.68. The van der Waals surface area contributed by atoms with E-state index in [0.717, 1.165) is 27.6 Å². The fraction of sp³-hybridized carbons (Fsp3) is 0.350. The Labute approximate surface area is 188 Å². The zero-order valence-corrected chi connectivity index (χ0v) is 19.6. The van der Waals surface area contributed by atoms with Crippen LogP contribution in [0.2, 0.25) is 5.02 Å². The molecule has 6 nitrogen and oxygen atoms in total. The summed E-state index contributed by atoms with van der Waals surface area (Å²) in [6.45, 7) is 1.30. The van der Waals surface area contributed by atoms with Gasteiger partial charge in [-0.3, -0.25) is 4.99 Å². The highest BCUT2D eigenvalue weighted by Crippen LogP contribution is 2.34. The second-order valence-electron chi connectivity index (χ2n) is 5.74.